The third-order valence-electron chi connectivity index (χ3n) is 7.54. The first-order valence-corrected chi connectivity index (χ1v) is 13.3. The molecule has 0 amide bonds. The molecular weight excluding hydrogens is 376 g/mol. The first kappa shape index (κ1) is 28.1. The molecule has 1 nitrogen and oxygen atoms in total. The molecule has 0 aliphatic heterocycles. The quantitative estimate of drug-likeness (QED) is 0.274. The van der Waals surface area contributed by atoms with Gasteiger partial charge in [-0.15, -0.1) is 0 Å². The minimum absolute atomic E-state index is 0.00160. The lowest BCUT2D eigenvalue weighted by Gasteiger charge is -2.37. The summed E-state index contributed by atoms with van der Waals surface area (Å²) in [5, 5.41) is 11.2. The predicted molar refractivity (Wildman–Crippen MR) is 140 cm³/mol. The van der Waals surface area contributed by atoms with Gasteiger partial charge in [0, 0.05) is 0 Å². The van der Waals surface area contributed by atoms with Gasteiger partial charge in [-0.1, -0.05) is 126 Å². The minimum Gasteiger partial charge on any atom is -0.508 e. The van der Waals surface area contributed by atoms with Crippen molar-refractivity contribution >= 4 is 0 Å². The maximum absolute atomic E-state index is 11.2. The molecule has 0 saturated heterocycles. The van der Waals surface area contributed by atoms with Crippen molar-refractivity contribution in [1.82, 2.24) is 0 Å². The first-order valence-electron chi connectivity index (χ1n) is 13.3. The SMILES string of the molecule is CCCCCC(C)(C)c1cc(C(C)(C)CCCCC)c(C(C)(C)CCCCC)cc1O. The molecule has 1 aromatic carbocycles. The lowest BCUT2D eigenvalue weighted by molar-refractivity contribution is 0.387. The van der Waals surface area contributed by atoms with E-state index in [1.165, 1.54) is 81.8 Å². The Morgan fingerprint density at radius 2 is 0.839 bits per heavy atom. The molecule has 1 aromatic rings. The Bertz CT molecular complexity index is 651. The van der Waals surface area contributed by atoms with Crippen molar-refractivity contribution in [3.05, 3.63) is 28.8 Å². The highest BCUT2D eigenvalue weighted by Gasteiger charge is 2.34. The molecule has 0 unspecified atom stereocenters. The normalized spacial score (nSPS) is 13.1. The van der Waals surface area contributed by atoms with Crippen LogP contribution in [0.25, 0.3) is 0 Å². The number of aromatic hydroxyl groups is 1. The maximum atomic E-state index is 11.2. The molecule has 1 heteroatoms. The van der Waals surface area contributed by atoms with E-state index in [4.69, 9.17) is 0 Å². The Hall–Kier alpha value is -0.980. The largest absolute Gasteiger partial charge is 0.508 e. The monoisotopic (exact) mass is 430 g/mol. The minimum atomic E-state index is -0.00160. The molecule has 0 bridgehead atoms. The predicted octanol–water partition coefficient (Wildman–Crippen LogP) is 9.97. The average molecular weight is 431 g/mol. The van der Waals surface area contributed by atoms with Crippen LogP contribution >= 0.6 is 0 Å². The maximum Gasteiger partial charge on any atom is 0.119 e. The van der Waals surface area contributed by atoms with E-state index in [-0.39, 0.29) is 16.2 Å². The molecule has 0 spiro atoms. The Labute approximate surface area is 195 Å². The summed E-state index contributed by atoms with van der Waals surface area (Å²) in [6, 6.07) is 4.56. The Morgan fingerprint density at radius 3 is 1.19 bits per heavy atom. The van der Waals surface area contributed by atoms with E-state index in [9.17, 15) is 5.11 Å². The fourth-order valence-corrected chi connectivity index (χ4v) is 5.11. The Kier molecular flexibility index (Phi) is 11.1. The molecule has 31 heavy (non-hydrogen) atoms. The van der Waals surface area contributed by atoms with Crippen molar-refractivity contribution in [1.29, 1.82) is 0 Å². The van der Waals surface area contributed by atoms with Crippen molar-refractivity contribution in [3.8, 4) is 5.75 Å². The number of rotatable bonds is 15. The van der Waals surface area contributed by atoms with Gasteiger partial charge in [-0.25, -0.2) is 0 Å². The van der Waals surface area contributed by atoms with Crippen molar-refractivity contribution in [2.24, 2.45) is 0 Å². The third-order valence-corrected chi connectivity index (χ3v) is 7.54. The van der Waals surface area contributed by atoms with E-state index in [0.717, 1.165) is 12.0 Å². The van der Waals surface area contributed by atoms with Crippen LogP contribution in [-0.2, 0) is 16.2 Å². The molecule has 1 N–H and O–H groups in total. The molecule has 0 aliphatic rings. The van der Waals surface area contributed by atoms with Gasteiger partial charge in [0.05, 0.1) is 0 Å². The summed E-state index contributed by atoms with van der Waals surface area (Å²) < 4.78 is 0. The van der Waals surface area contributed by atoms with Gasteiger partial charge in [0.15, 0.2) is 0 Å². The van der Waals surface area contributed by atoms with Crippen LogP contribution in [0.1, 0.15) is 156 Å². The summed E-state index contributed by atoms with van der Waals surface area (Å²) in [6.07, 6.45) is 14.9. The average Bonchev–Trinajstić information content (AvgIpc) is 2.67. The van der Waals surface area contributed by atoms with E-state index < -0.39 is 0 Å². The zero-order valence-electron chi connectivity index (χ0n) is 22.6. The van der Waals surface area contributed by atoms with Gasteiger partial charge in [-0.05, 0) is 58.3 Å². The van der Waals surface area contributed by atoms with Crippen LogP contribution in [0.5, 0.6) is 5.75 Å². The molecule has 1 rings (SSSR count). The highest BCUT2D eigenvalue weighted by Crippen LogP contribution is 2.45. The van der Waals surface area contributed by atoms with Crippen LogP contribution in [-0.4, -0.2) is 5.11 Å². The van der Waals surface area contributed by atoms with Gasteiger partial charge in [0.1, 0.15) is 5.75 Å². The van der Waals surface area contributed by atoms with Crippen LogP contribution < -0.4 is 0 Å². The fourth-order valence-electron chi connectivity index (χ4n) is 5.11. The van der Waals surface area contributed by atoms with Gasteiger partial charge in [0.2, 0.25) is 0 Å². The second-order valence-corrected chi connectivity index (χ2v) is 11.9. The van der Waals surface area contributed by atoms with Gasteiger partial charge in [-0.2, -0.15) is 0 Å². The van der Waals surface area contributed by atoms with Gasteiger partial charge in [-0.3, -0.25) is 0 Å². The van der Waals surface area contributed by atoms with Crippen molar-refractivity contribution < 1.29 is 5.11 Å². The number of phenolic OH excluding ortho intramolecular Hbond substituents is 1. The van der Waals surface area contributed by atoms with Crippen molar-refractivity contribution in [2.45, 2.75) is 156 Å². The van der Waals surface area contributed by atoms with E-state index >= 15 is 0 Å². The van der Waals surface area contributed by atoms with Crippen LogP contribution in [0.4, 0.5) is 0 Å². The number of unbranched alkanes of at least 4 members (excludes halogenated alkanes) is 6. The zero-order valence-corrected chi connectivity index (χ0v) is 22.6. The molecular formula is C30H54O. The molecule has 0 aromatic heterocycles. The van der Waals surface area contributed by atoms with Gasteiger partial charge in [0.25, 0.3) is 0 Å². The van der Waals surface area contributed by atoms with Gasteiger partial charge < -0.3 is 5.11 Å². The van der Waals surface area contributed by atoms with Crippen molar-refractivity contribution in [3.63, 3.8) is 0 Å². The smallest absolute Gasteiger partial charge is 0.119 e. The van der Waals surface area contributed by atoms with Crippen LogP contribution in [0.15, 0.2) is 12.1 Å². The number of hydrogen-bond acceptors (Lipinski definition) is 1. The second kappa shape index (κ2) is 12.3. The summed E-state index contributed by atoms with van der Waals surface area (Å²) in [7, 11) is 0. The summed E-state index contributed by atoms with van der Waals surface area (Å²) in [5.74, 6) is 0.508. The molecule has 0 fully saturated rings. The molecule has 0 aliphatic carbocycles. The van der Waals surface area contributed by atoms with Crippen LogP contribution in [0.2, 0.25) is 0 Å². The molecule has 180 valence electrons. The summed E-state index contributed by atoms with van der Waals surface area (Å²) in [4.78, 5) is 0. The summed E-state index contributed by atoms with van der Waals surface area (Å²) in [6.45, 7) is 21.1. The number of hydrogen-bond donors (Lipinski definition) is 1. The van der Waals surface area contributed by atoms with E-state index in [1.807, 2.05) is 0 Å². The Morgan fingerprint density at radius 1 is 0.516 bits per heavy atom. The lowest BCUT2D eigenvalue weighted by Crippen LogP contribution is -2.28. The third kappa shape index (κ3) is 8.14. The molecule has 0 heterocycles. The molecule has 0 radical (unpaired) electrons. The van der Waals surface area contributed by atoms with Gasteiger partial charge >= 0.3 is 0 Å². The highest BCUT2D eigenvalue weighted by atomic mass is 16.3. The molecule has 0 saturated carbocycles. The van der Waals surface area contributed by atoms with Crippen molar-refractivity contribution in [2.75, 3.05) is 0 Å². The second-order valence-electron chi connectivity index (χ2n) is 11.9. The lowest BCUT2D eigenvalue weighted by atomic mass is 9.67. The Balaban J connectivity index is 3.47. The fraction of sp³-hybridized carbons (Fsp3) is 0.800. The summed E-state index contributed by atoms with van der Waals surface area (Å²) in [5.41, 5.74) is 4.19. The van der Waals surface area contributed by atoms with Crippen LogP contribution in [0, 0.1) is 0 Å². The van der Waals surface area contributed by atoms with Crippen LogP contribution in [0.3, 0.4) is 0 Å². The summed E-state index contributed by atoms with van der Waals surface area (Å²) >= 11 is 0. The topological polar surface area (TPSA) is 20.2 Å². The zero-order chi connectivity index (χ0) is 23.7. The highest BCUT2D eigenvalue weighted by molar-refractivity contribution is 5.50. The van der Waals surface area contributed by atoms with E-state index in [2.05, 4.69) is 74.4 Å². The molecule has 0 atom stereocenters. The van der Waals surface area contributed by atoms with E-state index in [0.29, 0.717) is 5.75 Å². The first-order chi connectivity index (χ1) is 14.4. The standard InChI is InChI=1S/C30H54O/c1-10-13-16-19-28(4,5)24-22-26(30(8,9)21-18-15-12-3)27(31)23-25(24)29(6,7)20-17-14-11-2/h22-23,31H,10-21H2,1-9H3. The number of phenols is 1. The van der Waals surface area contributed by atoms with E-state index in [1.54, 1.807) is 0 Å². The number of benzene rings is 1.